The Bertz CT molecular complexity index is 1350. The lowest BCUT2D eigenvalue weighted by Gasteiger charge is -2.07. The van der Waals surface area contributed by atoms with Crippen LogP contribution in [-0.4, -0.2) is 47.2 Å². The van der Waals surface area contributed by atoms with Gasteiger partial charge in [0.2, 0.25) is 0 Å². The molecule has 0 spiro atoms. The van der Waals surface area contributed by atoms with Crippen molar-refractivity contribution in [3.8, 4) is 0 Å². The highest BCUT2D eigenvalue weighted by atomic mass is 35.5. The van der Waals surface area contributed by atoms with Crippen molar-refractivity contribution in [3.05, 3.63) is 61.1 Å². The Morgan fingerprint density at radius 1 is 0.676 bits per heavy atom. The first kappa shape index (κ1) is 30.3. The highest BCUT2D eigenvalue weighted by Crippen LogP contribution is 2.32. The maximum Gasteiger partial charge on any atom is 0.178 e. The summed E-state index contributed by atoms with van der Waals surface area (Å²) in [6.45, 7) is 2.53. The molecule has 0 radical (unpaired) electrons. The van der Waals surface area contributed by atoms with Crippen LogP contribution < -0.4 is 0 Å². The van der Waals surface area contributed by atoms with E-state index in [0.717, 1.165) is 12.5 Å². The van der Waals surface area contributed by atoms with E-state index in [2.05, 4.69) is 0 Å². The average molecular weight is 588 g/mol. The largest absolute Gasteiger partial charge is 0.298 e. The Morgan fingerprint density at radius 3 is 1.21 bits per heavy atom. The molecule has 0 saturated heterocycles. The van der Waals surface area contributed by atoms with Gasteiger partial charge in [-0.2, -0.15) is 0 Å². The van der Waals surface area contributed by atoms with E-state index in [0.29, 0.717) is 11.8 Å². The van der Waals surface area contributed by atoms with E-state index in [1.165, 1.54) is 44.2 Å². The monoisotopic (exact) mass is 586 g/mol. The summed E-state index contributed by atoms with van der Waals surface area (Å²) in [5, 5.41) is -0.195. The predicted octanol–water partition coefficient (Wildman–Crippen LogP) is 5.17. The van der Waals surface area contributed by atoms with Crippen LogP contribution in [0.25, 0.3) is 6.08 Å². The van der Waals surface area contributed by atoms with E-state index in [9.17, 15) is 31.2 Å². The van der Waals surface area contributed by atoms with Gasteiger partial charge in [-0.25, -0.2) is 16.8 Å². The van der Waals surface area contributed by atoms with Crippen LogP contribution in [0.15, 0.2) is 39.6 Å². The zero-order chi connectivity index (χ0) is 26.6. The Morgan fingerprint density at radius 2 is 0.971 bits per heavy atom. The number of ketones is 2. The molecular formula is C21H18Cl4O7S2. The molecule has 184 valence electrons. The molecule has 0 saturated carbocycles. The van der Waals surface area contributed by atoms with Gasteiger partial charge < -0.3 is 0 Å². The minimum absolute atomic E-state index is 0.00996. The number of carbonyl (C=O) groups excluding carboxylic acids is 3. The van der Waals surface area contributed by atoms with Crippen molar-refractivity contribution in [3.63, 3.8) is 0 Å². The molecule has 0 heterocycles. The number of aldehydes is 1. The molecule has 0 atom stereocenters. The topological polar surface area (TPSA) is 119 Å². The summed E-state index contributed by atoms with van der Waals surface area (Å²) < 4.78 is 45.5. The number of hydrogen-bond acceptors (Lipinski definition) is 7. The van der Waals surface area contributed by atoms with Crippen LogP contribution in [0.3, 0.4) is 0 Å². The molecule has 0 aliphatic carbocycles. The lowest BCUT2D eigenvalue weighted by Crippen LogP contribution is -2.06. The van der Waals surface area contributed by atoms with Gasteiger partial charge in [-0.15, -0.1) is 0 Å². The molecule has 2 aromatic carbocycles. The van der Waals surface area contributed by atoms with E-state index < -0.39 is 31.2 Å². The van der Waals surface area contributed by atoms with E-state index in [4.69, 9.17) is 46.4 Å². The van der Waals surface area contributed by atoms with Crippen molar-refractivity contribution in [2.75, 3.05) is 12.5 Å². The second-order valence-electron chi connectivity index (χ2n) is 6.96. The molecule has 7 nitrogen and oxygen atoms in total. The fraction of sp³-hybridized carbons (Fsp3) is 0.190. The zero-order valence-corrected chi connectivity index (χ0v) is 22.8. The molecule has 0 aliphatic heterocycles. The molecule has 2 rings (SSSR count). The number of sulfone groups is 2. The van der Waals surface area contributed by atoms with E-state index in [1.807, 2.05) is 0 Å². The SMILES string of the molecule is CC(=O)C(=Cc1cc(Cl)c(S(C)(=O)=O)c(Cl)c1)C(C)=O.CS(=O)(=O)c1c(Cl)cc(C=O)cc1Cl. The molecule has 0 fully saturated rings. The second kappa shape index (κ2) is 11.8. The van der Waals surface area contributed by atoms with Crippen LogP contribution in [0.5, 0.6) is 0 Å². The molecule has 34 heavy (non-hydrogen) atoms. The van der Waals surface area contributed by atoms with Gasteiger partial charge in [0, 0.05) is 18.1 Å². The Labute approximate surface area is 217 Å². The molecule has 0 unspecified atom stereocenters. The Hall–Kier alpha value is -1.75. The number of halogens is 4. The third-order valence-electron chi connectivity index (χ3n) is 3.99. The van der Waals surface area contributed by atoms with E-state index in [1.54, 1.807) is 0 Å². The van der Waals surface area contributed by atoms with Gasteiger partial charge in [0.05, 0.1) is 25.7 Å². The van der Waals surface area contributed by atoms with Crippen LogP contribution >= 0.6 is 46.4 Å². The third kappa shape index (κ3) is 8.18. The number of benzene rings is 2. The van der Waals surface area contributed by atoms with Crippen molar-refractivity contribution >= 4 is 90.0 Å². The van der Waals surface area contributed by atoms with Crippen molar-refractivity contribution in [1.82, 2.24) is 0 Å². The molecular weight excluding hydrogens is 570 g/mol. The third-order valence-corrected chi connectivity index (χ3v) is 7.99. The first-order valence-corrected chi connectivity index (χ1v) is 14.3. The molecule has 0 aromatic heterocycles. The van der Waals surface area contributed by atoms with Gasteiger partial charge in [-0.3, -0.25) is 14.4 Å². The summed E-state index contributed by atoms with van der Waals surface area (Å²) in [4.78, 5) is 32.8. The van der Waals surface area contributed by atoms with Gasteiger partial charge in [0.1, 0.15) is 16.1 Å². The summed E-state index contributed by atoms with van der Waals surface area (Å²) in [5.41, 5.74) is 0.615. The minimum Gasteiger partial charge on any atom is -0.298 e. The van der Waals surface area contributed by atoms with E-state index in [-0.39, 0.29) is 41.0 Å². The molecule has 2 aromatic rings. The van der Waals surface area contributed by atoms with Crippen LogP contribution in [0.4, 0.5) is 0 Å². The van der Waals surface area contributed by atoms with Gasteiger partial charge in [-0.05, 0) is 49.8 Å². The lowest BCUT2D eigenvalue weighted by atomic mass is 10.0. The summed E-state index contributed by atoms with van der Waals surface area (Å²) in [6, 6.07) is 5.21. The maximum atomic E-state index is 11.5. The molecule has 0 amide bonds. The Balaban J connectivity index is 0.000000362. The van der Waals surface area contributed by atoms with Crippen LogP contribution in [0.1, 0.15) is 29.8 Å². The minimum atomic E-state index is -3.56. The molecule has 0 N–H and O–H groups in total. The highest BCUT2D eigenvalue weighted by molar-refractivity contribution is 7.91. The zero-order valence-electron chi connectivity index (χ0n) is 18.2. The quantitative estimate of drug-likeness (QED) is 0.198. The second-order valence-corrected chi connectivity index (χ2v) is 12.5. The van der Waals surface area contributed by atoms with Crippen LogP contribution in [0, 0.1) is 0 Å². The van der Waals surface area contributed by atoms with Gasteiger partial charge in [0.25, 0.3) is 0 Å². The summed E-state index contributed by atoms with van der Waals surface area (Å²) in [7, 11) is -7.03. The summed E-state index contributed by atoms with van der Waals surface area (Å²) in [5.74, 6) is -0.783. The van der Waals surface area contributed by atoms with Crippen LogP contribution in [0.2, 0.25) is 20.1 Å². The fourth-order valence-corrected chi connectivity index (χ4v) is 6.98. The Kier molecular flexibility index (Phi) is 10.5. The first-order chi connectivity index (χ1) is 15.4. The van der Waals surface area contributed by atoms with Crippen LogP contribution in [-0.2, 0) is 29.3 Å². The fourth-order valence-electron chi connectivity index (χ4n) is 2.64. The summed E-state index contributed by atoms with van der Waals surface area (Å²) >= 11 is 23.1. The molecule has 0 aliphatic rings. The number of carbonyl (C=O) groups is 3. The van der Waals surface area contributed by atoms with Gasteiger partial charge in [-0.1, -0.05) is 46.4 Å². The van der Waals surface area contributed by atoms with Crippen molar-refractivity contribution in [2.24, 2.45) is 0 Å². The van der Waals surface area contributed by atoms with Crippen molar-refractivity contribution < 1.29 is 31.2 Å². The molecule has 0 bridgehead atoms. The normalized spacial score (nSPS) is 11.2. The van der Waals surface area contributed by atoms with E-state index >= 15 is 0 Å². The number of hydrogen-bond donors (Lipinski definition) is 0. The van der Waals surface area contributed by atoms with Gasteiger partial charge in [0.15, 0.2) is 31.2 Å². The number of allylic oxidation sites excluding steroid dienone is 1. The summed E-state index contributed by atoms with van der Waals surface area (Å²) in [6.07, 6.45) is 3.87. The first-order valence-electron chi connectivity index (χ1n) is 8.97. The lowest BCUT2D eigenvalue weighted by molar-refractivity contribution is -0.119. The smallest absolute Gasteiger partial charge is 0.178 e. The predicted molar refractivity (Wildman–Crippen MR) is 134 cm³/mol. The maximum absolute atomic E-state index is 11.5. The number of Topliss-reactive ketones (excluding diaryl/α,β-unsaturated/α-hetero) is 2. The van der Waals surface area contributed by atoms with Crippen molar-refractivity contribution in [2.45, 2.75) is 23.6 Å². The van der Waals surface area contributed by atoms with Gasteiger partial charge >= 0.3 is 0 Å². The standard InChI is InChI=1S/C13H12Cl2O4S.C8H6Cl2O3S/c1-7(16)10(8(2)17)4-9-5-11(14)13(12(15)6-9)20(3,18)19;1-14(12,13)8-6(9)2-5(4-11)3-7(8)10/h4-6H,1-3H3;2-4H,1H3. The van der Waals surface area contributed by atoms with Crippen molar-refractivity contribution in [1.29, 1.82) is 0 Å². The highest BCUT2D eigenvalue weighted by Gasteiger charge is 2.19. The number of rotatable bonds is 6. The average Bonchev–Trinajstić information content (AvgIpc) is 2.62. The molecule has 13 heteroatoms.